The first-order chi connectivity index (χ1) is 20.2. The van der Waals surface area contributed by atoms with Gasteiger partial charge in [-0.3, -0.25) is 4.79 Å². The van der Waals surface area contributed by atoms with Gasteiger partial charge in [-0.25, -0.2) is 9.59 Å². The molecule has 1 atom stereocenters. The van der Waals surface area contributed by atoms with Crippen molar-refractivity contribution in [3.05, 3.63) is 0 Å². The number of hydrogen-bond acceptors (Lipinski definition) is 6. The standard InChI is InChI=1S/C31H56Cl3NO6S/c1-2-3-4-5-6-7-8-9-10-11-12-13-14-15-16-17-18-19-20-22-28(36)40-23-21-24-42-25-27(29(37)38)35-30(39)41-26-31(32,33)34/h27H,2-26H2,1H3,(H,35,39)(H,37,38)/t27-/m0/s1. The molecule has 0 aromatic heterocycles. The molecule has 248 valence electrons. The molecule has 42 heavy (non-hydrogen) atoms. The molecule has 0 aliphatic carbocycles. The van der Waals surface area contributed by atoms with Crippen LogP contribution in [0.1, 0.15) is 142 Å². The van der Waals surface area contributed by atoms with Gasteiger partial charge in [-0.2, -0.15) is 11.8 Å². The van der Waals surface area contributed by atoms with Crippen LogP contribution in [0.25, 0.3) is 0 Å². The highest BCUT2D eigenvalue weighted by molar-refractivity contribution is 7.99. The smallest absolute Gasteiger partial charge is 0.408 e. The second kappa shape index (κ2) is 29.2. The van der Waals surface area contributed by atoms with E-state index in [-0.39, 0.29) is 11.7 Å². The first kappa shape index (κ1) is 41.4. The molecule has 0 heterocycles. The highest BCUT2D eigenvalue weighted by Gasteiger charge is 2.25. The molecule has 0 fully saturated rings. The van der Waals surface area contributed by atoms with Crippen LogP contribution in [0.3, 0.4) is 0 Å². The number of ether oxygens (including phenoxy) is 2. The predicted octanol–water partition coefficient (Wildman–Crippen LogP) is 10.0. The average Bonchev–Trinajstić information content (AvgIpc) is 2.93. The van der Waals surface area contributed by atoms with E-state index < -0.39 is 28.5 Å². The predicted molar refractivity (Wildman–Crippen MR) is 177 cm³/mol. The molecular formula is C31H56Cl3NO6S. The topological polar surface area (TPSA) is 102 Å². The normalized spacial score (nSPS) is 12.2. The van der Waals surface area contributed by atoms with E-state index in [1.807, 2.05) is 0 Å². The number of esters is 1. The molecule has 7 nitrogen and oxygen atoms in total. The third kappa shape index (κ3) is 30.9. The molecule has 0 aromatic carbocycles. The fraction of sp³-hybridized carbons (Fsp3) is 0.903. The summed E-state index contributed by atoms with van der Waals surface area (Å²) in [5.41, 5.74) is 0. The summed E-state index contributed by atoms with van der Waals surface area (Å²) in [4.78, 5) is 34.9. The zero-order chi connectivity index (χ0) is 31.3. The molecule has 0 radical (unpaired) electrons. The van der Waals surface area contributed by atoms with E-state index in [0.717, 1.165) is 12.8 Å². The maximum atomic E-state index is 11.9. The molecule has 0 rings (SSSR count). The number of carboxylic acids is 1. The molecule has 11 heteroatoms. The van der Waals surface area contributed by atoms with E-state index in [2.05, 4.69) is 17.0 Å². The molecule has 0 spiro atoms. The number of amides is 1. The monoisotopic (exact) mass is 675 g/mol. The lowest BCUT2D eigenvalue weighted by atomic mass is 10.0. The van der Waals surface area contributed by atoms with E-state index in [4.69, 9.17) is 39.5 Å². The Morgan fingerprint density at radius 1 is 0.714 bits per heavy atom. The van der Waals surface area contributed by atoms with Crippen molar-refractivity contribution < 1.29 is 29.0 Å². The highest BCUT2D eigenvalue weighted by Crippen LogP contribution is 2.26. The van der Waals surface area contributed by atoms with Gasteiger partial charge >= 0.3 is 18.0 Å². The molecule has 0 aliphatic heterocycles. The third-order valence-electron chi connectivity index (χ3n) is 6.92. The van der Waals surface area contributed by atoms with Crippen molar-refractivity contribution in [2.45, 2.75) is 152 Å². The van der Waals surface area contributed by atoms with Crippen molar-refractivity contribution in [1.29, 1.82) is 0 Å². The van der Waals surface area contributed by atoms with E-state index in [1.165, 1.54) is 121 Å². The number of nitrogens with one attached hydrogen (secondary N) is 1. The van der Waals surface area contributed by atoms with Crippen LogP contribution in [0.5, 0.6) is 0 Å². The second-order valence-electron chi connectivity index (χ2n) is 11.0. The van der Waals surface area contributed by atoms with Crippen molar-refractivity contribution in [1.82, 2.24) is 5.32 Å². The minimum Gasteiger partial charge on any atom is -0.480 e. The molecule has 1 amide bonds. The number of hydrogen-bond donors (Lipinski definition) is 2. The Hall–Kier alpha value is -0.570. The van der Waals surface area contributed by atoms with Gasteiger partial charge in [-0.05, 0) is 18.6 Å². The maximum absolute atomic E-state index is 11.9. The first-order valence-corrected chi connectivity index (χ1v) is 18.4. The zero-order valence-corrected chi connectivity index (χ0v) is 28.9. The van der Waals surface area contributed by atoms with E-state index >= 15 is 0 Å². The summed E-state index contributed by atoms with van der Waals surface area (Å²) in [6.07, 6.45) is 25.1. The van der Waals surface area contributed by atoms with Crippen LogP contribution in [-0.2, 0) is 19.1 Å². The second-order valence-corrected chi connectivity index (χ2v) is 14.7. The Morgan fingerprint density at radius 2 is 1.17 bits per heavy atom. The Bertz CT molecular complexity index is 682. The molecule has 2 N–H and O–H groups in total. The van der Waals surface area contributed by atoms with E-state index in [9.17, 15) is 19.5 Å². The van der Waals surface area contributed by atoms with Gasteiger partial charge in [0.2, 0.25) is 3.79 Å². The summed E-state index contributed by atoms with van der Waals surface area (Å²) in [5.74, 6) is -0.666. The number of carbonyl (C=O) groups excluding carboxylic acids is 2. The third-order valence-corrected chi connectivity index (χ3v) is 8.40. The van der Waals surface area contributed by atoms with Crippen molar-refractivity contribution in [2.24, 2.45) is 0 Å². The number of alkyl halides is 3. The summed E-state index contributed by atoms with van der Waals surface area (Å²) in [5, 5.41) is 11.5. The lowest BCUT2D eigenvalue weighted by Crippen LogP contribution is -2.43. The lowest BCUT2D eigenvalue weighted by Gasteiger charge is -2.16. The average molecular weight is 677 g/mol. The van der Waals surface area contributed by atoms with Gasteiger partial charge in [0.25, 0.3) is 0 Å². The quantitative estimate of drug-likeness (QED) is 0.0462. The molecule has 0 saturated carbocycles. The summed E-state index contributed by atoms with van der Waals surface area (Å²) < 4.78 is 8.18. The Kier molecular flexibility index (Phi) is 28.8. The molecule has 0 aromatic rings. The number of thioether (sulfide) groups is 1. The van der Waals surface area contributed by atoms with Gasteiger partial charge in [0, 0.05) is 12.2 Å². The number of carbonyl (C=O) groups is 3. The highest BCUT2D eigenvalue weighted by atomic mass is 35.6. The van der Waals surface area contributed by atoms with Crippen LogP contribution in [0, 0.1) is 0 Å². The summed E-state index contributed by atoms with van der Waals surface area (Å²) in [6, 6.07) is -1.14. The lowest BCUT2D eigenvalue weighted by molar-refractivity contribution is -0.143. The van der Waals surface area contributed by atoms with E-state index in [0.29, 0.717) is 25.2 Å². The minimum atomic E-state index is -1.77. The first-order valence-electron chi connectivity index (χ1n) is 16.1. The van der Waals surface area contributed by atoms with Gasteiger partial charge in [0.05, 0.1) is 6.61 Å². The SMILES string of the molecule is CCCCCCCCCCCCCCCCCCCCCC(=O)OCCCSC[C@H](NC(=O)OCC(Cl)(Cl)Cl)C(=O)O. The van der Waals surface area contributed by atoms with Crippen molar-refractivity contribution >= 4 is 64.6 Å². The Balaban J connectivity index is 3.48. The number of aliphatic carboxylic acids is 1. The van der Waals surface area contributed by atoms with Gasteiger partial charge in [-0.15, -0.1) is 0 Å². The van der Waals surface area contributed by atoms with Crippen LogP contribution in [0.15, 0.2) is 0 Å². The van der Waals surface area contributed by atoms with Crippen molar-refractivity contribution in [2.75, 3.05) is 24.7 Å². The number of halogens is 3. The van der Waals surface area contributed by atoms with Crippen LogP contribution >= 0.6 is 46.6 Å². The molecule has 0 bridgehead atoms. The minimum absolute atomic E-state index is 0.130. The molecular weight excluding hydrogens is 621 g/mol. The van der Waals surface area contributed by atoms with Gasteiger partial charge in [-0.1, -0.05) is 157 Å². The number of unbranched alkanes of at least 4 members (excludes halogenated alkanes) is 18. The fourth-order valence-corrected chi connectivity index (χ4v) is 5.59. The van der Waals surface area contributed by atoms with Crippen LogP contribution < -0.4 is 5.32 Å². The molecule has 0 unspecified atom stereocenters. The van der Waals surface area contributed by atoms with Gasteiger partial charge < -0.3 is 19.9 Å². The number of alkyl carbamates (subject to hydrolysis) is 1. The van der Waals surface area contributed by atoms with Gasteiger partial charge in [0.1, 0.15) is 12.6 Å². The Morgan fingerprint density at radius 3 is 1.60 bits per heavy atom. The summed E-state index contributed by atoms with van der Waals surface area (Å²) in [7, 11) is 0. The summed E-state index contributed by atoms with van der Waals surface area (Å²) >= 11 is 17.8. The largest absolute Gasteiger partial charge is 0.480 e. The summed E-state index contributed by atoms with van der Waals surface area (Å²) in [6.45, 7) is 2.07. The maximum Gasteiger partial charge on any atom is 0.408 e. The molecule has 0 aliphatic rings. The fourth-order valence-electron chi connectivity index (χ4n) is 4.47. The van der Waals surface area contributed by atoms with Crippen LogP contribution in [0.4, 0.5) is 4.79 Å². The molecule has 0 saturated heterocycles. The zero-order valence-electron chi connectivity index (χ0n) is 25.8. The Labute approximate surface area is 274 Å². The van der Waals surface area contributed by atoms with Crippen LogP contribution in [-0.4, -0.2) is 57.7 Å². The number of rotatable bonds is 29. The van der Waals surface area contributed by atoms with Crippen LogP contribution in [0.2, 0.25) is 0 Å². The van der Waals surface area contributed by atoms with Crippen molar-refractivity contribution in [3.8, 4) is 0 Å². The number of carboxylic acid groups (broad SMARTS) is 1. The van der Waals surface area contributed by atoms with Gasteiger partial charge in [0.15, 0.2) is 0 Å². The van der Waals surface area contributed by atoms with E-state index in [1.54, 1.807) is 0 Å². The van der Waals surface area contributed by atoms with Crippen molar-refractivity contribution in [3.63, 3.8) is 0 Å².